The Bertz CT molecular complexity index is 189. The van der Waals surface area contributed by atoms with Crippen LogP contribution in [0.25, 0.3) is 0 Å². The summed E-state index contributed by atoms with van der Waals surface area (Å²) < 4.78 is 18.2. The summed E-state index contributed by atoms with van der Waals surface area (Å²) in [6, 6.07) is 0.344. The molecule has 4 nitrogen and oxygen atoms in total. The monoisotopic (exact) mass is 203 g/mol. The molecule has 0 aliphatic carbocycles. The van der Waals surface area contributed by atoms with Gasteiger partial charge in [0.1, 0.15) is 6.17 Å². The fourth-order valence-corrected chi connectivity index (χ4v) is 1.90. The van der Waals surface area contributed by atoms with Crippen molar-refractivity contribution in [1.82, 2.24) is 10.3 Å². The highest BCUT2D eigenvalue weighted by Crippen LogP contribution is 2.15. The van der Waals surface area contributed by atoms with Crippen molar-refractivity contribution in [2.45, 2.75) is 31.1 Å². The normalized spacial score (nSPS) is 33.6. The van der Waals surface area contributed by atoms with Crippen molar-refractivity contribution in [3.8, 4) is 0 Å². The van der Waals surface area contributed by atoms with Crippen LogP contribution in [0.4, 0.5) is 4.39 Å². The molecule has 0 bridgehead atoms. The van der Waals surface area contributed by atoms with Gasteiger partial charge in [-0.25, -0.2) is 9.40 Å². The van der Waals surface area contributed by atoms with Gasteiger partial charge in [0.25, 0.3) is 0 Å². The lowest BCUT2D eigenvalue weighted by atomic mass is 10.1. The Kier molecular flexibility index (Phi) is 3.33. The smallest absolute Gasteiger partial charge is 0.117 e. The molecule has 2 atom stereocenters. The van der Waals surface area contributed by atoms with Crippen LogP contribution >= 0.6 is 0 Å². The molecule has 0 aromatic rings. The second-order valence-electron chi connectivity index (χ2n) is 4.08. The molecule has 5 heteroatoms. The number of halogens is 1. The largest absolute Gasteiger partial charge is 0.378 e. The lowest BCUT2D eigenvalue weighted by Crippen LogP contribution is -2.53. The molecule has 2 heterocycles. The number of nitrogens with two attached hydrogens (primary N) is 1. The fourth-order valence-electron chi connectivity index (χ4n) is 1.90. The van der Waals surface area contributed by atoms with Crippen LogP contribution in [0.2, 0.25) is 0 Å². The second-order valence-corrected chi connectivity index (χ2v) is 4.08. The molecular weight excluding hydrogens is 185 g/mol. The average molecular weight is 203 g/mol. The van der Waals surface area contributed by atoms with Gasteiger partial charge in [-0.3, -0.25) is 5.84 Å². The topological polar surface area (TPSA) is 50.5 Å². The number of ether oxygens (including phenoxy) is 1. The first kappa shape index (κ1) is 10.3. The third kappa shape index (κ3) is 2.23. The van der Waals surface area contributed by atoms with E-state index in [4.69, 9.17) is 10.6 Å². The second kappa shape index (κ2) is 4.53. The first-order chi connectivity index (χ1) is 6.77. The molecule has 2 aliphatic heterocycles. The number of rotatable bonds is 4. The van der Waals surface area contributed by atoms with Crippen molar-refractivity contribution in [2.24, 2.45) is 5.84 Å². The Hall–Kier alpha value is -0.230. The summed E-state index contributed by atoms with van der Waals surface area (Å²) >= 11 is 0. The van der Waals surface area contributed by atoms with Crippen molar-refractivity contribution in [2.75, 3.05) is 26.3 Å². The van der Waals surface area contributed by atoms with Gasteiger partial charge in [-0.15, -0.1) is 0 Å². The van der Waals surface area contributed by atoms with Gasteiger partial charge in [0, 0.05) is 12.6 Å². The first-order valence-corrected chi connectivity index (χ1v) is 5.24. The number of nitrogens with one attached hydrogen (secondary N) is 1. The molecule has 2 saturated heterocycles. The van der Waals surface area contributed by atoms with E-state index in [0.717, 1.165) is 19.5 Å². The summed E-state index contributed by atoms with van der Waals surface area (Å²) in [6.07, 6.45) is 0.733. The Morgan fingerprint density at radius 2 is 2.29 bits per heavy atom. The molecule has 0 aromatic heterocycles. The van der Waals surface area contributed by atoms with Crippen molar-refractivity contribution >= 4 is 0 Å². The summed E-state index contributed by atoms with van der Waals surface area (Å²) in [5, 5.41) is 4.92. The molecule has 0 amide bonds. The van der Waals surface area contributed by atoms with Crippen LogP contribution in [0.5, 0.6) is 0 Å². The van der Waals surface area contributed by atoms with E-state index in [1.54, 1.807) is 5.01 Å². The molecule has 0 aromatic carbocycles. The van der Waals surface area contributed by atoms with E-state index in [1.165, 1.54) is 0 Å². The van der Waals surface area contributed by atoms with Gasteiger partial charge < -0.3 is 10.1 Å². The van der Waals surface area contributed by atoms with E-state index in [1.807, 2.05) is 0 Å². The van der Waals surface area contributed by atoms with E-state index < -0.39 is 6.17 Å². The summed E-state index contributed by atoms with van der Waals surface area (Å²) in [7, 11) is 0. The molecule has 2 aliphatic rings. The summed E-state index contributed by atoms with van der Waals surface area (Å²) in [5.41, 5.74) is 0. The number of hydrazine groups is 1. The van der Waals surface area contributed by atoms with E-state index in [0.29, 0.717) is 25.7 Å². The van der Waals surface area contributed by atoms with E-state index in [2.05, 4.69) is 5.32 Å². The van der Waals surface area contributed by atoms with Gasteiger partial charge in [-0.2, -0.15) is 0 Å². The van der Waals surface area contributed by atoms with Crippen LogP contribution in [0.1, 0.15) is 12.8 Å². The third-order valence-corrected chi connectivity index (χ3v) is 3.05. The van der Waals surface area contributed by atoms with Crippen LogP contribution < -0.4 is 11.2 Å². The standard InChI is InChI=1S/C9H18FN3O/c10-8-1-3-12-9(8)2-4-13(11)7-5-14-6-7/h7-9,12H,1-6,11H2. The van der Waals surface area contributed by atoms with Gasteiger partial charge in [0.2, 0.25) is 0 Å². The number of hydrogen-bond donors (Lipinski definition) is 2. The highest BCUT2D eigenvalue weighted by atomic mass is 19.1. The van der Waals surface area contributed by atoms with Crippen LogP contribution in [0.15, 0.2) is 0 Å². The Balaban J connectivity index is 1.65. The maximum absolute atomic E-state index is 13.2. The van der Waals surface area contributed by atoms with Crippen molar-refractivity contribution in [1.29, 1.82) is 0 Å². The first-order valence-electron chi connectivity index (χ1n) is 5.24. The van der Waals surface area contributed by atoms with Crippen LogP contribution in [0.3, 0.4) is 0 Å². The molecule has 0 radical (unpaired) electrons. The zero-order valence-electron chi connectivity index (χ0n) is 8.29. The third-order valence-electron chi connectivity index (χ3n) is 3.05. The van der Waals surface area contributed by atoms with E-state index >= 15 is 0 Å². The highest BCUT2D eigenvalue weighted by molar-refractivity contribution is 4.85. The van der Waals surface area contributed by atoms with Gasteiger partial charge in [0.15, 0.2) is 0 Å². The minimum atomic E-state index is -0.693. The zero-order valence-corrected chi connectivity index (χ0v) is 8.29. The van der Waals surface area contributed by atoms with Gasteiger partial charge in [0.05, 0.1) is 19.3 Å². The number of alkyl halides is 1. The predicted octanol–water partition coefficient (Wildman–Crippen LogP) is -0.349. The molecule has 0 saturated carbocycles. The predicted molar refractivity (Wildman–Crippen MR) is 51.4 cm³/mol. The van der Waals surface area contributed by atoms with Crippen LogP contribution in [0, 0.1) is 0 Å². The molecule has 3 N–H and O–H groups in total. The quantitative estimate of drug-likeness (QED) is 0.484. The fraction of sp³-hybridized carbons (Fsp3) is 1.00. The summed E-state index contributed by atoms with van der Waals surface area (Å²) in [4.78, 5) is 0. The van der Waals surface area contributed by atoms with Gasteiger partial charge >= 0.3 is 0 Å². The van der Waals surface area contributed by atoms with Crippen LogP contribution in [-0.2, 0) is 4.74 Å². The Morgan fingerprint density at radius 1 is 1.50 bits per heavy atom. The molecule has 14 heavy (non-hydrogen) atoms. The minimum absolute atomic E-state index is 0.00189. The average Bonchev–Trinajstić information content (AvgIpc) is 2.44. The summed E-state index contributed by atoms with van der Waals surface area (Å²) in [5.74, 6) is 5.81. The molecular formula is C9H18FN3O. The molecule has 0 spiro atoms. The molecule has 2 rings (SSSR count). The molecule has 82 valence electrons. The van der Waals surface area contributed by atoms with Gasteiger partial charge in [-0.05, 0) is 19.4 Å². The highest BCUT2D eigenvalue weighted by Gasteiger charge is 2.28. The SMILES string of the molecule is NN(CCC1NCCC1F)C1COC1. The van der Waals surface area contributed by atoms with E-state index in [9.17, 15) is 4.39 Å². The molecule has 2 fully saturated rings. The number of nitrogens with zero attached hydrogens (tertiary/aromatic N) is 1. The minimum Gasteiger partial charge on any atom is -0.378 e. The van der Waals surface area contributed by atoms with Crippen molar-refractivity contribution < 1.29 is 9.13 Å². The Labute approximate surface area is 83.5 Å². The van der Waals surface area contributed by atoms with E-state index in [-0.39, 0.29) is 6.04 Å². The number of hydrogen-bond acceptors (Lipinski definition) is 4. The maximum Gasteiger partial charge on any atom is 0.117 e. The maximum atomic E-state index is 13.2. The van der Waals surface area contributed by atoms with Crippen molar-refractivity contribution in [3.63, 3.8) is 0 Å². The van der Waals surface area contributed by atoms with Gasteiger partial charge in [-0.1, -0.05) is 0 Å². The lowest BCUT2D eigenvalue weighted by molar-refractivity contribution is -0.0666. The summed E-state index contributed by atoms with van der Waals surface area (Å²) in [6.45, 7) is 2.97. The van der Waals surface area contributed by atoms with Crippen LogP contribution in [-0.4, -0.2) is 49.6 Å². The molecule has 2 unspecified atom stereocenters. The lowest BCUT2D eigenvalue weighted by Gasteiger charge is -2.34. The van der Waals surface area contributed by atoms with Crippen molar-refractivity contribution in [3.05, 3.63) is 0 Å². The Morgan fingerprint density at radius 3 is 2.79 bits per heavy atom. The zero-order chi connectivity index (χ0) is 9.97.